The standard InChI is InChI=1S/C14H30O6.3C4H10O2/c1-5-18-7-6-8-19-10-14(17-4)12-20-11-13(16-3)9-15-2;3*1-4(3-5)6-2/h13-14H,5-12H2,1-4H3;3*4-5H,3H2,1-2H3. The molecule has 0 saturated heterocycles. The highest BCUT2D eigenvalue weighted by molar-refractivity contribution is 4.58. The molecule has 0 aliphatic heterocycles. The van der Waals surface area contributed by atoms with E-state index in [-0.39, 0.29) is 50.3 Å². The Morgan fingerprint density at radius 3 is 1.16 bits per heavy atom. The van der Waals surface area contributed by atoms with Gasteiger partial charge in [0.2, 0.25) is 0 Å². The molecule has 0 spiro atoms. The first-order chi connectivity index (χ1) is 18.2. The molecular weight excluding hydrogens is 504 g/mol. The fourth-order valence-corrected chi connectivity index (χ4v) is 1.73. The fraction of sp³-hybridized carbons (Fsp3) is 1.00. The van der Waals surface area contributed by atoms with Crippen LogP contribution in [0.2, 0.25) is 0 Å². The molecule has 0 bridgehead atoms. The highest BCUT2D eigenvalue weighted by atomic mass is 16.6. The number of aliphatic hydroxyl groups is 3. The fourth-order valence-electron chi connectivity index (χ4n) is 1.73. The second-order valence-electron chi connectivity index (χ2n) is 8.02. The van der Waals surface area contributed by atoms with Gasteiger partial charge in [0.25, 0.3) is 0 Å². The van der Waals surface area contributed by atoms with Crippen LogP contribution < -0.4 is 0 Å². The summed E-state index contributed by atoms with van der Waals surface area (Å²) in [6, 6.07) is 0. The van der Waals surface area contributed by atoms with E-state index in [2.05, 4.69) is 14.2 Å². The van der Waals surface area contributed by atoms with Crippen molar-refractivity contribution in [3.05, 3.63) is 0 Å². The van der Waals surface area contributed by atoms with E-state index in [1.165, 1.54) is 0 Å². The van der Waals surface area contributed by atoms with Crippen molar-refractivity contribution in [2.24, 2.45) is 0 Å². The zero-order valence-electron chi connectivity index (χ0n) is 25.7. The Morgan fingerprint density at radius 2 is 0.868 bits per heavy atom. The minimum absolute atomic E-state index is 0.00926. The van der Waals surface area contributed by atoms with Crippen molar-refractivity contribution in [1.82, 2.24) is 0 Å². The zero-order chi connectivity index (χ0) is 30.0. The van der Waals surface area contributed by atoms with E-state index in [1.54, 1.807) is 63.4 Å². The van der Waals surface area contributed by atoms with Crippen molar-refractivity contribution in [3.8, 4) is 0 Å². The van der Waals surface area contributed by atoms with E-state index in [4.69, 9.17) is 43.7 Å². The Kier molecular flexibility index (Phi) is 45.3. The van der Waals surface area contributed by atoms with Gasteiger partial charge in [-0.1, -0.05) is 0 Å². The molecule has 5 atom stereocenters. The molecule has 0 aromatic rings. The number of hydrogen-bond donors (Lipinski definition) is 3. The van der Waals surface area contributed by atoms with Gasteiger partial charge >= 0.3 is 0 Å². The van der Waals surface area contributed by atoms with E-state index in [1.807, 2.05) is 6.92 Å². The van der Waals surface area contributed by atoms with E-state index in [0.29, 0.717) is 33.0 Å². The van der Waals surface area contributed by atoms with Crippen molar-refractivity contribution < 1.29 is 58.0 Å². The van der Waals surface area contributed by atoms with Crippen LogP contribution in [-0.2, 0) is 42.6 Å². The van der Waals surface area contributed by atoms with Gasteiger partial charge < -0.3 is 58.0 Å². The van der Waals surface area contributed by atoms with Gasteiger partial charge in [-0.25, -0.2) is 0 Å². The average Bonchev–Trinajstić information content (AvgIpc) is 2.96. The second-order valence-corrected chi connectivity index (χ2v) is 8.02. The van der Waals surface area contributed by atoms with Crippen molar-refractivity contribution in [2.45, 2.75) is 64.6 Å². The third-order valence-electron chi connectivity index (χ3n) is 4.69. The van der Waals surface area contributed by atoms with Gasteiger partial charge in [-0.15, -0.1) is 0 Å². The quantitative estimate of drug-likeness (QED) is 0.172. The van der Waals surface area contributed by atoms with E-state index < -0.39 is 0 Å². The Hall–Kier alpha value is -0.480. The third kappa shape index (κ3) is 40.0. The molecule has 0 heterocycles. The summed E-state index contributed by atoms with van der Waals surface area (Å²) < 4.78 is 45.8. The largest absolute Gasteiger partial charge is 0.394 e. The number of hydrogen-bond acceptors (Lipinski definition) is 12. The maximum Gasteiger partial charge on any atom is 0.104 e. The smallest absolute Gasteiger partial charge is 0.104 e. The Balaban J connectivity index is -0.000000259. The normalized spacial score (nSPS) is 14.4. The van der Waals surface area contributed by atoms with Gasteiger partial charge in [0.1, 0.15) is 12.2 Å². The summed E-state index contributed by atoms with van der Waals surface area (Å²) in [6.45, 7) is 11.9. The van der Waals surface area contributed by atoms with E-state index in [9.17, 15) is 0 Å². The highest BCUT2D eigenvalue weighted by Crippen LogP contribution is 1.98. The molecule has 0 aromatic carbocycles. The molecule has 3 N–H and O–H groups in total. The van der Waals surface area contributed by atoms with Crippen LogP contribution in [0.4, 0.5) is 0 Å². The zero-order valence-corrected chi connectivity index (χ0v) is 25.7. The van der Waals surface area contributed by atoms with Crippen molar-refractivity contribution in [1.29, 1.82) is 0 Å². The van der Waals surface area contributed by atoms with Gasteiger partial charge in [0.15, 0.2) is 0 Å². The van der Waals surface area contributed by atoms with E-state index in [0.717, 1.165) is 19.6 Å². The van der Waals surface area contributed by atoms with Crippen LogP contribution in [0, 0.1) is 0 Å². The van der Waals surface area contributed by atoms with Crippen LogP contribution in [0.5, 0.6) is 0 Å². The van der Waals surface area contributed by atoms with Crippen molar-refractivity contribution >= 4 is 0 Å². The molecule has 5 unspecified atom stereocenters. The van der Waals surface area contributed by atoms with Crippen LogP contribution in [0.3, 0.4) is 0 Å². The third-order valence-corrected chi connectivity index (χ3v) is 4.69. The van der Waals surface area contributed by atoms with Gasteiger partial charge in [-0.3, -0.25) is 0 Å². The average molecular weight is 565 g/mol. The molecule has 0 rings (SSSR count). The molecule has 0 aromatic heterocycles. The van der Waals surface area contributed by atoms with Gasteiger partial charge in [-0.05, 0) is 34.1 Å². The minimum atomic E-state index is -0.0675. The number of ether oxygens (including phenoxy) is 9. The molecule has 12 nitrogen and oxygen atoms in total. The lowest BCUT2D eigenvalue weighted by molar-refractivity contribution is -0.0743. The summed E-state index contributed by atoms with van der Waals surface area (Å²) in [4.78, 5) is 0. The topological polar surface area (TPSA) is 144 Å². The van der Waals surface area contributed by atoms with Crippen LogP contribution >= 0.6 is 0 Å². The lowest BCUT2D eigenvalue weighted by atomic mass is 10.4. The first-order valence-corrected chi connectivity index (χ1v) is 12.9. The summed E-state index contributed by atoms with van der Waals surface area (Å²) in [5, 5.41) is 24.6. The molecule has 0 aliphatic rings. The maximum absolute atomic E-state index is 8.21. The molecular formula is C26H60O12. The molecule has 236 valence electrons. The van der Waals surface area contributed by atoms with Crippen molar-refractivity contribution in [2.75, 3.05) is 109 Å². The Bertz CT molecular complexity index is 357. The summed E-state index contributed by atoms with van der Waals surface area (Å²) in [5.41, 5.74) is 0. The molecule has 12 heteroatoms. The molecule has 38 heavy (non-hydrogen) atoms. The number of methoxy groups -OCH3 is 6. The van der Waals surface area contributed by atoms with Crippen LogP contribution in [0.1, 0.15) is 34.1 Å². The van der Waals surface area contributed by atoms with Gasteiger partial charge in [0.05, 0.1) is 64.6 Å². The van der Waals surface area contributed by atoms with Crippen LogP contribution in [0.15, 0.2) is 0 Å². The number of rotatable bonds is 21. The summed E-state index contributed by atoms with van der Waals surface area (Å²) in [6.07, 6.45) is 0.747. The summed E-state index contributed by atoms with van der Waals surface area (Å²) in [7, 11) is 9.64. The van der Waals surface area contributed by atoms with Crippen molar-refractivity contribution in [3.63, 3.8) is 0 Å². The minimum Gasteiger partial charge on any atom is -0.394 e. The molecule has 0 saturated carbocycles. The van der Waals surface area contributed by atoms with E-state index >= 15 is 0 Å². The predicted octanol–water partition coefficient (Wildman–Crippen LogP) is 1.16. The summed E-state index contributed by atoms with van der Waals surface area (Å²) in [5.74, 6) is 0. The summed E-state index contributed by atoms with van der Waals surface area (Å²) >= 11 is 0. The van der Waals surface area contributed by atoms with Gasteiger partial charge in [0, 0.05) is 62.5 Å². The lowest BCUT2D eigenvalue weighted by Crippen LogP contribution is -2.29. The molecule has 0 fully saturated rings. The number of aliphatic hydroxyl groups excluding tert-OH is 3. The van der Waals surface area contributed by atoms with Crippen LogP contribution in [0.25, 0.3) is 0 Å². The Labute approximate surface area is 231 Å². The molecule has 0 amide bonds. The first-order valence-electron chi connectivity index (χ1n) is 12.9. The lowest BCUT2D eigenvalue weighted by Gasteiger charge is -2.18. The Morgan fingerprint density at radius 1 is 0.500 bits per heavy atom. The first kappa shape index (κ1) is 44.5. The molecule has 0 aliphatic carbocycles. The predicted molar refractivity (Wildman–Crippen MR) is 147 cm³/mol. The van der Waals surface area contributed by atoms with Crippen LogP contribution in [-0.4, -0.2) is 155 Å². The SMILES string of the molecule is CCOCCCOCC(COCC(COC)OC)OC.COC(C)CO.COC(C)CO.COC(C)CO. The maximum atomic E-state index is 8.21. The highest BCUT2D eigenvalue weighted by Gasteiger charge is 2.11. The molecule has 0 radical (unpaired) electrons. The second kappa shape index (κ2) is 38.7. The van der Waals surface area contributed by atoms with Gasteiger partial charge in [-0.2, -0.15) is 0 Å². The monoisotopic (exact) mass is 564 g/mol.